The number of carbonyl (C=O) groups is 3. The highest BCUT2D eigenvalue weighted by molar-refractivity contribution is 5.91. The minimum atomic E-state index is -1.70. The van der Waals surface area contributed by atoms with Crippen LogP contribution in [0, 0.1) is 11.8 Å². The van der Waals surface area contributed by atoms with E-state index in [1.165, 1.54) is 20.8 Å². The smallest absolute Gasteiger partial charge is 0.334 e. The van der Waals surface area contributed by atoms with Gasteiger partial charge in [-0.25, -0.2) is 9.68 Å². The molecule has 0 bridgehead atoms. The second-order valence-corrected chi connectivity index (χ2v) is 7.73. The number of rotatable bonds is 3. The van der Waals surface area contributed by atoms with Crippen molar-refractivity contribution in [2.24, 2.45) is 11.8 Å². The van der Waals surface area contributed by atoms with Gasteiger partial charge in [0.25, 0.3) is 0 Å². The van der Waals surface area contributed by atoms with Crippen LogP contribution in [0.3, 0.4) is 0 Å². The van der Waals surface area contributed by atoms with Gasteiger partial charge in [-0.05, 0) is 31.4 Å². The van der Waals surface area contributed by atoms with Crippen LogP contribution >= 0.6 is 0 Å². The molecule has 0 amide bonds. The molecule has 154 valence electrons. The van der Waals surface area contributed by atoms with Crippen molar-refractivity contribution in [3.05, 3.63) is 23.3 Å². The first-order valence-electron chi connectivity index (χ1n) is 8.98. The second-order valence-electron chi connectivity index (χ2n) is 7.73. The van der Waals surface area contributed by atoms with E-state index in [4.69, 9.17) is 14.2 Å². The molecule has 0 unspecified atom stereocenters. The predicted octanol–water partition coefficient (Wildman–Crippen LogP) is 0.907. The van der Waals surface area contributed by atoms with Crippen LogP contribution in [0.4, 0.5) is 0 Å². The first kappa shape index (κ1) is 20.5. The number of esters is 3. The molecule has 3 aliphatic rings. The monoisotopic (exact) mass is 396 g/mol. The summed E-state index contributed by atoms with van der Waals surface area (Å²) in [5.41, 5.74) is -0.506. The van der Waals surface area contributed by atoms with Crippen LogP contribution in [0.15, 0.2) is 23.3 Å². The van der Waals surface area contributed by atoms with Gasteiger partial charge in [-0.2, -0.15) is 0 Å². The van der Waals surface area contributed by atoms with E-state index in [-0.39, 0.29) is 12.0 Å². The van der Waals surface area contributed by atoms with Crippen molar-refractivity contribution in [1.29, 1.82) is 0 Å². The van der Waals surface area contributed by atoms with Gasteiger partial charge in [0.1, 0.15) is 17.8 Å². The first-order valence-corrected chi connectivity index (χ1v) is 8.98. The van der Waals surface area contributed by atoms with Crippen molar-refractivity contribution in [1.82, 2.24) is 0 Å². The molecular formula is C19H24O9. The molecule has 1 saturated carbocycles. The van der Waals surface area contributed by atoms with E-state index in [2.05, 4.69) is 11.5 Å². The lowest BCUT2D eigenvalue weighted by Crippen LogP contribution is -2.55. The second kappa shape index (κ2) is 6.98. The maximum absolute atomic E-state index is 12.3. The van der Waals surface area contributed by atoms with Gasteiger partial charge in [0.15, 0.2) is 12.2 Å². The lowest BCUT2D eigenvalue weighted by atomic mass is 9.79. The molecule has 28 heavy (non-hydrogen) atoms. The minimum Gasteiger partial charge on any atom is -0.458 e. The summed E-state index contributed by atoms with van der Waals surface area (Å²) in [4.78, 5) is 40.4. The van der Waals surface area contributed by atoms with Gasteiger partial charge in [0.2, 0.25) is 0 Å². The highest BCUT2D eigenvalue weighted by Crippen LogP contribution is 2.53. The van der Waals surface area contributed by atoms with Crippen LogP contribution < -0.4 is 0 Å². The van der Waals surface area contributed by atoms with Crippen LogP contribution in [-0.2, 0) is 33.5 Å². The number of hydrogen-bond donors (Lipinski definition) is 2. The highest BCUT2D eigenvalue weighted by atomic mass is 17.1. The molecule has 0 aromatic rings. The molecule has 7 atom stereocenters. The van der Waals surface area contributed by atoms with Crippen molar-refractivity contribution >= 4 is 17.9 Å². The van der Waals surface area contributed by atoms with Gasteiger partial charge in [0.05, 0.1) is 5.92 Å². The number of hydrogen-bond acceptors (Lipinski definition) is 9. The zero-order valence-electron chi connectivity index (χ0n) is 16.1. The lowest BCUT2D eigenvalue weighted by molar-refractivity contribution is -0.271. The van der Waals surface area contributed by atoms with Crippen LogP contribution in [0.1, 0.15) is 34.1 Å². The fourth-order valence-electron chi connectivity index (χ4n) is 4.70. The Bertz CT molecular complexity index is 765. The quantitative estimate of drug-likeness (QED) is 0.179. The van der Waals surface area contributed by atoms with Gasteiger partial charge in [0, 0.05) is 25.3 Å². The molecule has 1 heterocycles. The van der Waals surface area contributed by atoms with Crippen LogP contribution in [0.25, 0.3) is 0 Å². The highest BCUT2D eigenvalue weighted by Gasteiger charge is 2.63. The fraction of sp³-hybridized carbons (Fsp3) is 0.632. The summed E-state index contributed by atoms with van der Waals surface area (Å²) in [7, 11) is 0. The average molecular weight is 396 g/mol. The standard InChI is InChI=1S/C19H24O9/c1-7-12(28-24)6-11-13(7)15-14(8(2)18(22)27-15)16(25-9(3)20)17(19(11,5)23)26-10(4)21/h11-12,14-17,23-24H,2,6H2,1,3-5H3/t11-,12-,14+,15-,16-,17-,19+/m0/s1. The van der Waals surface area contributed by atoms with Crippen molar-refractivity contribution in [3.8, 4) is 0 Å². The molecule has 0 aromatic carbocycles. The largest absolute Gasteiger partial charge is 0.458 e. The van der Waals surface area contributed by atoms with Crippen molar-refractivity contribution < 1.29 is 43.8 Å². The zero-order chi connectivity index (χ0) is 21.0. The van der Waals surface area contributed by atoms with Crippen LogP contribution in [0.2, 0.25) is 0 Å². The molecule has 3 rings (SSSR count). The molecule has 9 heteroatoms. The molecule has 1 aliphatic heterocycles. The molecule has 0 spiro atoms. The van der Waals surface area contributed by atoms with E-state index >= 15 is 0 Å². The first-order chi connectivity index (χ1) is 13.0. The van der Waals surface area contributed by atoms with Crippen molar-refractivity contribution in [2.75, 3.05) is 0 Å². The molecule has 2 aliphatic carbocycles. The third-order valence-corrected chi connectivity index (χ3v) is 5.95. The van der Waals surface area contributed by atoms with E-state index < -0.39 is 59.8 Å². The molecule has 1 saturated heterocycles. The zero-order valence-corrected chi connectivity index (χ0v) is 16.1. The maximum Gasteiger partial charge on any atom is 0.334 e. The van der Waals surface area contributed by atoms with Gasteiger partial charge < -0.3 is 19.3 Å². The van der Waals surface area contributed by atoms with Crippen molar-refractivity contribution in [3.63, 3.8) is 0 Å². The van der Waals surface area contributed by atoms with Crippen LogP contribution in [0.5, 0.6) is 0 Å². The summed E-state index contributed by atoms with van der Waals surface area (Å²) in [5, 5.41) is 20.7. The Morgan fingerprint density at radius 2 is 1.86 bits per heavy atom. The predicted molar refractivity (Wildman–Crippen MR) is 92.6 cm³/mol. The SMILES string of the molecule is C=C1C(=O)O[C@H]2C3=C(C)[C@@H](OO)C[C@@H]3[C@@](C)(O)[C@@H](OC(C)=O)[C@@H](OC(C)=O)[C@H]12. The van der Waals surface area contributed by atoms with E-state index in [9.17, 15) is 24.7 Å². The van der Waals surface area contributed by atoms with Gasteiger partial charge in [-0.3, -0.25) is 14.8 Å². The van der Waals surface area contributed by atoms with Crippen molar-refractivity contribution in [2.45, 2.75) is 64.1 Å². The number of aliphatic hydroxyl groups is 1. The number of ether oxygens (including phenoxy) is 3. The van der Waals surface area contributed by atoms with Gasteiger partial charge in [-0.1, -0.05) is 6.58 Å². The number of carbonyl (C=O) groups excluding carboxylic acids is 3. The normalized spacial score (nSPS) is 39.8. The topological polar surface area (TPSA) is 129 Å². The van der Waals surface area contributed by atoms with E-state index in [0.29, 0.717) is 11.1 Å². The Balaban J connectivity index is 2.23. The third-order valence-electron chi connectivity index (χ3n) is 5.95. The Morgan fingerprint density at radius 1 is 1.25 bits per heavy atom. The summed E-state index contributed by atoms with van der Waals surface area (Å²) in [6.07, 6.45) is -3.91. The fourth-order valence-corrected chi connectivity index (χ4v) is 4.70. The minimum absolute atomic E-state index is 0.0542. The molecule has 2 N–H and O–H groups in total. The summed E-state index contributed by atoms with van der Waals surface area (Å²) >= 11 is 0. The Kier molecular flexibility index (Phi) is 5.11. The van der Waals surface area contributed by atoms with E-state index in [0.717, 1.165) is 0 Å². The summed E-state index contributed by atoms with van der Waals surface area (Å²) in [5.74, 6) is -3.56. The summed E-state index contributed by atoms with van der Waals surface area (Å²) in [6, 6.07) is 0. The molecular weight excluding hydrogens is 372 g/mol. The van der Waals surface area contributed by atoms with E-state index in [1.807, 2.05) is 0 Å². The van der Waals surface area contributed by atoms with Crippen LogP contribution in [-0.4, -0.2) is 58.3 Å². The lowest BCUT2D eigenvalue weighted by Gasteiger charge is -2.39. The summed E-state index contributed by atoms with van der Waals surface area (Å²) in [6.45, 7) is 9.28. The van der Waals surface area contributed by atoms with Gasteiger partial charge in [-0.15, -0.1) is 0 Å². The average Bonchev–Trinajstić information content (AvgIpc) is 3.05. The molecule has 0 radical (unpaired) electrons. The van der Waals surface area contributed by atoms with Gasteiger partial charge >= 0.3 is 17.9 Å². The Labute approximate surface area is 161 Å². The molecule has 0 aromatic heterocycles. The third kappa shape index (κ3) is 3.03. The molecule has 2 fully saturated rings. The summed E-state index contributed by atoms with van der Waals surface area (Å²) < 4.78 is 16.4. The Hall–Kier alpha value is -2.23. The van der Waals surface area contributed by atoms with E-state index in [1.54, 1.807) is 6.92 Å². The Morgan fingerprint density at radius 3 is 2.39 bits per heavy atom. The number of fused-ring (bicyclic) bond motifs is 3. The maximum atomic E-state index is 12.3. The molecule has 9 nitrogen and oxygen atoms in total.